The van der Waals surface area contributed by atoms with Crippen molar-refractivity contribution in [2.45, 2.75) is 13.0 Å². The van der Waals surface area contributed by atoms with Crippen molar-refractivity contribution in [3.05, 3.63) is 95.3 Å². The summed E-state index contributed by atoms with van der Waals surface area (Å²) in [7, 11) is 0. The van der Waals surface area contributed by atoms with Crippen molar-refractivity contribution in [1.82, 2.24) is 0 Å². The van der Waals surface area contributed by atoms with Crippen LogP contribution in [0.3, 0.4) is 0 Å². The normalized spacial score (nSPS) is 22.7. The number of Topliss-reactive ketones (excluding diaryl/α,β-unsaturated/α-hetero) is 2. The van der Waals surface area contributed by atoms with Gasteiger partial charge < -0.3 is 10.2 Å². The fraction of sp³-hybridized carbons (Fsp3) is 0.143. The van der Waals surface area contributed by atoms with Crippen LogP contribution in [0, 0.1) is 5.41 Å². The van der Waals surface area contributed by atoms with Gasteiger partial charge in [-0.2, -0.15) is 0 Å². The van der Waals surface area contributed by atoms with Crippen LogP contribution in [-0.4, -0.2) is 27.9 Å². The molecule has 1 aliphatic carbocycles. The van der Waals surface area contributed by atoms with Crippen molar-refractivity contribution in [3.8, 4) is 0 Å². The minimum Gasteiger partial charge on any atom is -0.510 e. The fourth-order valence-electron chi connectivity index (χ4n) is 2.94. The van der Waals surface area contributed by atoms with E-state index in [1.54, 1.807) is 60.7 Å². The Hall–Kier alpha value is -2.98. The lowest BCUT2D eigenvalue weighted by Crippen LogP contribution is -2.43. The summed E-state index contributed by atoms with van der Waals surface area (Å²) in [5, 5.41) is 21.1. The molecule has 0 aromatic heterocycles. The van der Waals surface area contributed by atoms with Gasteiger partial charge in [-0.15, -0.1) is 0 Å². The van der Waals surface area contributed by atoms with E-state index in [2.05, 4.69) is 0 Å². The summed E-state index contributed by atoms with van der Waals surface area (Å²) in [5.74, 6) is -1.25. The van der Waals surface area contributed by atoms with E-state index in [9.17, 15) is 19.8 Å². The zero-order chi connectivity index (χ0) is 18.0. The van der Waals surface area contributed by atoms with Crippen molar-refractivity contribution < 1.29 is 19.8 Å². The van der Waals surface area contributed by atoms with E-state index in [0.717, 1.165) is 0 Å². The molecule has 1 aliphatic rings. The van der Waals surface area contributed by atoms with Crippen LogP contribution in [0.25, 0.3) is 0 Å². The average Bonchev–Trinajstić information content (AvgIpc) is 2.66. The van der Waals surface area contributed by atoms with E-state index in [0.29, 0.717) is 11.1 Å². The first-order chi connectivity index (χ1) is 12.0. The van der Waals surface area contributed by atoms with Crippen LogP contribution in [0.2, 0.25) is 0 Å². The van der Waals surface area contributed by atoms with Crippen LogP contribution in [0.4, 0.5) is 0 Å². The highest BCUT2D eigenvalue weighted by Crippen LogP contribution is 2.39. The summed E-state index contributed by atoms with van der Waals surface area (Å²) in [6.07, 6.45) is 1.51. The van der Waals surface area contributed by atoms with Crippen molar-refractivity contribution in [3.63, 3.8) is 0 Å². The highest BCUT2D eigenvalue weighted by atomic mass is 16.3. The maximum atomic E-state index is 12.9. The number of hydrogen-bond donors (Lipinski definition) is 2. The third-order valence-electron chi connectivity index (χ3n) is 4.57. The van der Waals surface area contributed by atoms with Crippen LogP contribution in [0.15, 0.2) is 84.1 Å². The summed E-state index contributed by atoms with van der Waals surface area (Å²) < 4.78 is 0. The van der Waals surface area contributed by atoms with Gasteiger partial charge in [0.15, 0.2) is 11.6 Å². The van der Waals surface area contributed by atoms with E-state index in [4.69, 9.17) is 0 Å². The third kappa shape index (κ3) is 2.81. The highest BCUT2D eigenvalue weighted by Gasteiger charge is 2.47. The van der Waals surface area contributed by atoms with E-state index in [1.807, 2.05) is 0 Å². The number of ketones is 2. The zero-order valence-electron chi connectivity index (χ0n) is 13.7. The number of carbonyl (C=O) groups is 2. The maximum Gasteiger partial charge on any atom is 0.196 e. The number of carbonyl (C=O) groups excluding carboxylic acids is 2. The Balaban J connectivity index is 2.07. The van der Waals surface area contributed by atoms with Crippen molar-refractivity contribution in [2.24, 2.45) is 5.41 Å². The molecule has 3 rings (SSSR count). The lowest BCUT2D eigenvalue weighted by Gasteiger charge is -2.34. The van der Waals surface area contributed by atoms with Crippen molar-refractivity contribution in [1.29, 1.82) is 0 Å². The van der Waals surface area contributed by atoms with Crippen LogP contribution in [0.5, 0.6) is 0 Å². The number of aliphatic hydroxyl groups is 2. The molecule has 0 bridgehead atoms. The molecule has 4 heteroatoms. The van der Waals surface area contributed by atoms with Gasteiger partial charge in [0.25, 0.3) is 0 Å². The molecule has 0 radical (unpaired) electrons. The van der Waals surface area contributed by atoms with Gasteiger partial charge in [-0.3, -0.25) is 9.59 Å². The second-order valence-corrected chi connectivity index (χ2v) is 6.16. The Labute approximate surface area is 145 Å². The van der Waals surface area contributed by atoms with Crippen molar-refractivity contribution in [2.75, 3.05) is 0 Å². The molecule has 126 valence electrons. The van der Waals surface area contributed by atoms with Gasteiger partial charge in [0.2, 0.25) is 0 Å². The van der Waals surface area contributed by atoms with Gasteiger partial charge in [-0.25, -0.2) is 0 Å². The molecule has 0 saturated carbocycles. The molecule has 2 aromatic rings. The van der Waals surface area contributed by atoms with E-state index in [-0.39, 0.29) is 5.57 Å². The average molecular weight is 334 g/mol. The van der Waals surface area contributed by atoms with Crippen LogP contribution in [0.1, 0.15) is 27.6 Å². The monoisotopic (exact) mass is 334 g/mol. The quantitative estimate of drug-likeness (QED) is 0.839. The molecule has 2 aromatic carbocycles. The number of rotatable bonds is 4. The molecular formula is C21H18O4. The second kappa shape index (κ2) is 6.49. The van der Waals surface area contributed by atoms with Gasteiger partial charge in [-0.05, 0) is 13.0 Å². The molecular weight excluding hydrogens is 316 g/mol. The van der Waals surface area contributed by atoms with E-state index in [1.165, 1.54) is 19.1 Å². The van der Waals surface area contributed by atoms with Gasteiger partial charge in [0.1, 0.15) is 11.2 Å². The zero-order valence-corrected chi connectivity index (χ0v) is 13.7. The van der Waals surface area contributed by atoms with Gasteiger partial charge >= 0.3 is 0 Å². The Morgan fingerprint density at radius 3 is 2.00 bits per heavy atom. The topological polar surface area (TPSA) is 74.6 Å². The minimum absolute atomic E-state index is 0.0169. The SMILES string of the molecule is CC1(C(=O)c2ccccc2)C(O)=C(C(=O)c2ccccc2)C=CC1O. The number of benzene rings is 2. The Kier molecular flexibility index (Phi) is 4.38. The summed E-state index contributed by atoms with van der Waals surface area (Å²) >= 11 is 0. The molecule has 0 heterocycles. The molecule has 0 aliphatic heterocycles. The van der Waals surface area contributed by atoms with Gasteiger partial charge in [0, 0.05) is 11.1 Å². The predicted molar refractivity (Wildman–Crippen MR) is 94.5 cm³/mol. The Morgan fingerprint density at radius 1 is 0.920 bits per heavy atom. The first kappa shape index (κ1) is 16.9. The van der Waals surface area contributed by atoms with Gasteiger partial charge in [0.05, 0.1) is 11.7 Å². The van der Waals surface area contributed by atoms with Crippen LogP contribution < -0.4 is 0 Å². The minimum atomic E-state index is -1.62. The Morgan fingerprint density at radius 2 is 1.44 bits per heavy atom. The maximum absolute atomic E-state index is 12.9. The molecule has 0 spiro atoms. The lowest BCUT2D eigenvalue weighted by molar-refractivity contribution is 0.0462. The Bertz CT molecular complexity index is 865. The molecule has 2 atom stereocenters. The molecule has 2 N–H and O–H groups in total. The molecule has 0 amide bonds. The summed E-state index contributed by atoms with van der Waals surface area (Å²) in [5.41, 5.74) is -0.837. The smallest absolute Gasteiger partial charge is 0.196 e. The molecule has 2 unspecified atom stereocenters. The van der Waals surface area contributed by atoms with Gasteiger partial charge in [-0.1, -0.05) is 66.7 Å². The lowest BCUT2D eigenvalue weighted by atomic mass is 9.71. The first-order valence-corrected chi connectivity index (χ1v) is 7.96. The largest absolute Gasteiger partial charge is 0.510 e. The molecule has 4 nitrogen and oxygen atoms in total. The standard InChI is InChI=1S/C21H18O4/c1-21(19(24)15-10-6-3-7-11-15)17(22)13-12-16(20(21)25)18(23)14-8-4-2-5-9-14/h2-13,17,22,25H,1H3. The second-order valence-electron chi connectivity index (χ2n) is 6.16. The molecule has 0 saturated heterocycles. The van der Waals surface area contributed by atoms with Crippen molar-refractivity contribution >= 4 is 11.6 Å². The summed E-state index contributed by atoms with van der Waals surface area (Å²) in [4.78, 5) is 25.6. The number of aliphatic hydroxyl groups excluding tert-OH is 2. The third-order valence-corrected chi connectivity index (χ3v) is 4.57. The number of hydrogen-bond acceptors (Lipinski definition) is 4. The first-order valence-electron chi connectivity index (χ1n) is 7.96. The summed E-state index contributed by atoms with van der Waals surface area (Å²) in [6.45, 7) is 1.45. The molecule has 25 heavy (non-hydrogen) atoms. The van der Waals surface area contributed by atoms with Crippen LogP contribution >= 0.6 is 0 Å². The van der Waals surface area contributed by atoms with Crippen LogP contribution in [-0.2, 0) is 0 Å². The van der Waals surface area contributed by atoms with E-state index >= 15 is 0 Å². The highest BCUT2D eigenvalue weighted by molar-refractivity contribution is 6.13. The van der Waals surface area contributed by atoms with E-state index < -0.39 is 28.8 Å². The summed E-state index contributed by atoms with van der Waals surface area (Å²) in [6, 6.07) is 16.9. The number of allylic oxidation sites excluding steroid dienone is 2. The fourth-order valence-corrected chi connectivity index (χ4v) is 2.94. The molecule has 0 fully saturated rings. The predicted octanol–water partition coefficient (Wildman–Crippen LogP) is 3.50.